The first kappa shape index (κ1) is 30.5. The lowest BCUT2D eigenvalue weighted by Gasteiger charge is -2.27. The van der Waals surface area contributed by atoms with Gasteiger partial charge in [0.2, 0.25) is 5.91 Å². The molecule has 0 radical (unpaired) electrons. The van der Waals surface area contributed by atoms with Gasteiger partial charge < -0.3 is 19.8 Å². The quantitative estimate of drug-likeness (QED) is 0.428. The van der Waals surface area contributed by atoms with Crippen molar-refractivity contribution >= 4 is 58.5 Å². The molecule has 4 unspecified atom stereocenters. The highest BCUT2D eigenvalue weighted by atomic mass is 35.5. The number of halogens is 7. The van der Waals surface area contributed by atoms with Crippen LogP contribution in [0.3, 0.4) is 0 Å². The molecule has 4 atom stereocenters. The van der Waals surface area contributed by atoms with Crippen molar-refractivity contribution in [2.45, 2.75) is 23.7 Å². The smallest absolute Gasteiger partial charge is 0.416 e. The Kier molecular flexibility index (Phi) is 8.21. The molecule has 2 saturated heterocycles. The number of rotatable bonds is 7. The summed E-state index contributed by atoms with van der Waals surface area (Å²) in [5, 5.41) is 17.9. The first-order valence-corrected chi connectivity index (χ1v) is 12.8. The number of carbonyl (C=O) groups excluding carboxylic acids is 2. The van der Waals surface area contributed by atoms with E-state index in [0.717, 1.165) is 29.2 Å². The van der Waals surface area contributed by atoms with Crippen LogP contribution in [0, 0.1) is 11.8 Å². The predicted molar refractivity (Wildman–Crippen MR) is 131 cm³/mol. The number of carboxylic acid groups (broad SMARTS) is 2. The average molecular weight is 627 g/mol. The number of amides is 2. The normalized spacial score (nSPS) is 21.3. The largest absolute Gasteiger partial charge is 0.481 e. The molecule has 2 heterocycles. The number of anilines is 2. The summed E-state index contributed by atoms with van der Waals surface area (Å²) in [6.45, 7) is -0.710. The van der Waals surface area contributed by atoms with Gasteiger partial charge in [-0.15, -0.1) is 11.8 Å². The van der Waals surface area contributed by atoms with E-state index in [1.54, 1.807) is 0 Å². The van der Waals surface area contributed by atoms with Crippen molar-refractivity contribution < 1.29 is 60.5 Å². The van der Waals surface area contributed by atoms with Crippen LogP contribution in [0.4, 0.5) is 37.7 Å². The standard InChI is InChI=1S/C24H17ClF6N2O7S/c25-13-5-4-11(24(29,30)31)7-14(13)33-9-41-18(20(33)35)16(22(38)39)15(21(36)37)17-19(34)32(8-40-17)12-3-1-2-10(6-12)23(26,27)28/h1-7,15-18H,8-9H2,(H,36,37)(H,38,39). The third-order valence-corrected chi connectivity index (χ3v) is 8.03. The summed E-state index contributed by atoms with van der Waals surface area (Å²) < 4.78 is 84.4. The van der Waals surface area contributed by atoms with Gasteiger partial charge in [0.05, 0.1) is 33.6 Å². The van der Waals surface area contributed by atoms with Crippen LogP contribution < -0.4 is 9.80 Å². The number of ether oxygens (including phenoxy) is 1. The van der Waals surface area contributed by atoms with Crippen molar-refractivity contribution in [1.29, 1.82) is 0 Å². The van der Waals surface area contributed by atoms with Gasteiger partial charge in [0, 0.05) is 5.69 Å². The monoisotopic (exact) mass is 626 g/mol. The van der Waals surface area contributed by atoms with Gasteiger partial charge in [-0.05, 0) is 36.4 Å². The number of carbonyl (C=O) groups is 4. The number of nitrogens with zero attached hydrogens (tertiary/aromatic N) is 2. The molecule has 0 spiro atoms. The highest BCUT2D eigenvalue weighted by molar-refractivity contribution is 8.01. The van der Waals surface area contributed by atoms with Gasteiger partial charge in [0.1, 0.15) is 17.9 Å². The Balaban J connectivity index is 1.64. The molecular weight excluding hydrogens is 610 g/mol. The second-order valence-corrected chi connectivity index (χ2v) is 10.4. The first-order valence-electron chi connectivity index (χ1n) is 11.4. The maximum Gasteiger partial charge on any atom is 0.416 e. The lowest BCUT2D eigenvalue weighted by Crippen LogP contribution is -2.49. The zero-order valence-electron chi connectivity index (χ0n) is 20.1. The van der Waals surface area contributed by atoms with E-state index >= 15 is 0 Å². The minimum absolute atomic E-state index is 0.264. The van der Waals surface area contributed by atoms with Gasteiger partial charge >= 0.3 is 24.3 Å². The van der Waals surface area contributed by atoms with E-state index in [1.807, 2.05) is 0 Å². The predicted octanol–water partition coefficient (Wildman–Crippen LogP) is 4.57. The van der Waals surface area contributed by atoms with E-state index < -0.39 is 83.0 Å². The zero-order valence-corrected chi connectivity index (χ0v) is 21.7. The van der Waals surface area contributed by atoms with Gasteiger partial charge in [0.25, 0.3) is 5.91 Å². The Morgan fingerprint density at radius 3 is 2.10 bits per heavy atom. The molecule has 0 saturated carbocycles. The molecule has 0 aliphatic carbocycles. The molecular formula is C24H17ClF6N2O7S. The Labute approximate surface area is 235 Å². The van der Waals surface area contributed by atoms with Crippen LogP contribution in [0.25, 0.3) is 0 Å². The van der Waals surface area contributed by atoms with E-state index in [1.165, 1.54) is 0 Å². The fourth-order valence-corrected chi connectivity index (χ4v) is 6.04. The summed E-state index contributed by atoms with van der Waals surface area (Å²) in [6, 6.07) is 5.68. The van der Waals surface area contributed by atoms with E-state index in [0.29, 0.717) is 34.9 Å². The summed E-state index contributed by atoms with van der Waals surface area (Å²) >= 11 is 6.62. The maximum atomic E-state index is 13.3. The summed E-state index contributed by atoms with van der Waals surface area (Å²) in [5.41, 5.74) is -2.93. The van der Waals surface area contributed by atoms with Crippen LogP contribution >= 0.6 is 23.4 Å². The molecule has 9 nitrogen and oxygen atoms in total. The molecule has 2 amide bonds. The number of carboxylic acids is 2. The number of alkyl halides is 6. The number of hydrogen-bond acceptors (Lipinski definition) is 6. The van der Waals surface area contributed by atoms with Crippen LogP contribution in [-0.4, -0.2) is 57.9 Å². The topological polar surface area (TPSA) is 124 Å². The Hall–Kier alpha value is -3.50. The van der Waals surface area contributed by atoms with Crippen molar-refractivity contribution in [2.75, 3.05) is 22.4 Å². The van der Waals surface area contributed by atoms with Crippen LogP contribution in [0.15, 0.2) is 42.5 Å². The van der Waals surface area contributed by atoms with Crippen molar-refractivity contribution in [1.82, 2.24) is 0 Å². The maximum absolute atomic E-state index is 13.3. The third kappa shape index (κ3) is 5.94. The zero-order chi connectivity index (χ0) is 30.4. The SMILES string of the molecule is O=C(O)C(C1OCN(c2cccc(C(F)(F)F)c2)C1=O)C(C(=O)O)C1SCN(c2cc(C(F)(F)F)ccc2Cl)C1=O. The van der Waals surface area contributed by atoms with Crippen LogP contribution in [-0.2, 0) is 36.3 Å². The van der Waals surface area contributed by atoms with Gasteiger partial charge in [-0.2, -0.15) is 26.3 Å². The molecule has 17 heteroatoms. The summed E-state index contributed by atoms with van der Waals surface area (Å²) in [6.07, 6.45) is -11.6. The van der Waals surface area contributed by atoms with Crippen molar-refractivity contribution in [3.05, 3.63) is 58.6 Å². The summed E-state index contributed by atoms with van der Waals surface area (Å²) in [7, 11) is 0. The van der Waals surface area contributed by atoms with E-state index in [-0.39, 0.29) is 16.4 Å². The number of benzene rings is 2. The number of thioether (sulfide) groups is 1. The van der Waals surface area contributed by atoms with Crippen molar-refractivity contribution in [3.63, 3.8) is 0 Å². The van der Waals surface area contributed by atoms with Gasteiger partial charge in [0.15, 0.2) is 6.10 Å². The third-order valence-electron chi connectivity index (χ3n) is 6.44. The molecule has 2 aliphatic rings. The van der Waals surface area contributed by atoms with E-state index in [2.05, 4.69) is 0 Å². The van der Waals surface area contributed by atoms with Gasteiger partial charge in [-0.25, -0.2) is 0 Å². The molecule has 2 N–H and O–H groups in total. The molecule has 4 rings (SSSR count). The van der Waals surface area contributed by atoms with E-state index in [4.69, 9.17) is 16.3 Å². The van der Waals surface area contributed by atoms with Crippen molar-refractivity contribution in [3.8, 4) is 0 Å². The minimum Gasteiger partial charge on any atom is -0.481 e. The summed E-state index contributed by atoms with van der Waals surface area (Å²) in [5.74, 6) is -10.6. The van der Waals surface area contributed by atoms with Gasteiger partial charge in [-0.3, -0.25) is 24.1 Å². The number of aliphatic carboxylic acids is 2. The number of hydrogen-bond donors (Lipinski definition) is 2. The van der Waals surface area contributed by atoms with Crippen LogP contribution in [0.5, 0.6) is 0 Å². The second kappa shape index (κ2) is 11.1. The van der Waals surface area contributed by atoms with Crippen molar-refractivity contribution in [2.24, 2.45) is 11.8 Å². The fraction of sp³-hybridized carbons (Fsp3) is 0.333. The van der Waals surface area contributed by atoms with E-state index in [9.17, 15) is 55.7 Å². The summed E-state index contributed by atoms with van der Waals surface area (Å²) in [4.78, 5) is 52.5. The van der Waals surface area contributed by atoms with Crippen LogP contribution in [0.1, 0.15) is 11.1 Å². The molecule has 0 bridgehead atoms. The fourth-order valence-electron chi connectivity index (χ4n) is 4.48. The Morgan fingerprint density at radius 2 is 1.51 bits per heavy atom. The second-order valence-electron chi connectivity index (χ2n) is 8.91. The molecule has 2 aromatic carbocycles. The molecule has 0 aromatic heterocycles. The lowest BCUT2D eigenvalue weighted by molar-refractivity contribution is -0.161. The van der Waals surface area contributed by atoms with Gasteiger partial charge in [-0.1, -0.05) is 17.7 Å². The molecule has 220 valence electrons. The average Bonchev–Trinajstić information content (AvgIpc) is 3.43. The molecule has 41 heavy (non-hydrogen) atoms. The Bertz CT molecular complexity index is 1410. The highest BCUT2D eigenvalue weighted by Crippen LogP contribution is 2.43. The minimum atomic E-state index is -4.79. The molecule has 2 aromatic rings. The molecule has 2 fully saturated rings. The lowest BCUT2D eigenvalue weighted by atomic mass is 9.83. The Morgan fingerprint density at radius 1 is 0.902 bits per heavy atom. The molecule has 2 aliphatic heterocycles. The highest BCUT2D eigenvalue weighted by Gasteiger charge is 2.55. The van der Waals surface area contributed by atoms with Crippen LogP contribution in [0.2, 0.25) is 5.02 Å². The first-order chi connectivity index (χ1) is 19.0.